The molecule has 0 aliphatic heterocycles. The highest BCUT2D eigenvalue weighted by Gasteiger charge is 2.34. The second-order valence-electron chi connectivity index (χ2n) is 10.2. The molecular weight excluding hydrogens is 546 g/mol. The number of hydrogen-bond acceptors (Lipinski definition) is 7. The molecule has 4 atom stereocenters. The summed E-state index contributed by atoms with van der Waals surface area (Å²) >= 11 is 0. The normalized spacial score (nSPS) is 19.4. The summed E-state index contributed by atoms with van der Waals surface area (Å²) in [5.41, 5.74) is 0. The van der Waals surface area contributed by atoms with E-state index in [9.17, 15) is 23.5 Å². The summed E-state index contributed by atoms with van der Waals surface area (Å²) in [7, 11) is 0. The Hall–Kier alpha value is -3.82. The molecule has 1 fully saturated rings. The van der Waals surface area contributed by atoms with Crippen LogP contribution in [0.25, 0.3) is 0 Å². The molecule has 1 aromatic rings. The van der Waals surface area contributed by atoms with Gasteiger partial charge in [0.25, 0.3) is 5.92 Å². The van der Waals surface area contributed by atoms with Crippen molar-refractivity contribution in [3.8, 4) is 30.4 Å². The summed E-state index contributed by atoms with van der Waals surface area (Å²) in [5, 5.41) is 10.4. The van der Waals surface area contributed by atoms with E-state index in [1.807, 2.05) is 12.2 Å². The first-order valence-electron chi connectivity index (χ1n) is 14.1. The molecule has 0 spiro atoms. The molecule has 0 aromatic heterocycles. The van der Waals surface area contributed by atoms with E-state index >= 15 is 0 Å². The second kappa shape index (κ2) is 18.6. The van der Waals surface area contributed by atoms with Crippen LogP contribution >= 0.6 is 0 Å². The van der Waals surface area contributed by atoms with Crippen LogP contribution in [0.5, 0.6) is 5.75 Å². The Labute approximate surface area is 247 Å². The van der Waals surface area contributed by atoms with Crippen LogP contribution in [0, 0.1) is 42.4 Å². The number of unbranched alkanes of at least 4 members (excludes halogenated alkanes) is 1. The topological polar surface area (TPSA) is 91.3 Å². The predicted molar refractivity (Wildman–Crippen MR) is 154 cm³/mol. The Morgan fingerprint density at radius 3 is 2.52 bits per heavy atom. The van der Waals surface area contributed by atoms with Gasteiger partial charge in [0, 0.05) is 32.1 Å². The van der Waals surface area contributed by atoms with Crippen molar-refractivity contribution in [3.05, 3.63) is 54.6 Å². The lowest BCUT2D eigenvalue weighted by atomic mass is 9.90. The number of para-hydroxylation sites is 1. The Morgan fingerprint density at radius 1 is 1.12 bits per heavy atom. The number of carbonyl (C=O) groups is 2. The molecule has 228 valence electrons. The number of aliphatic hydroxyl groups is 1. The van der Waals surface area contributed by atoms with Gasteiger partial charge in [-0.05, 0) is 62.1 Å². The van der Waals surface area contributed by atoms with E-state index in [0.717, 1.165) is 6.08 Å². The van der Waals surface area contributed by atoms with Crippen LogP contribution in [0.15, 0.2) is 54.6 Å². The Kier molecular flexibility index (Phi) is 15.2. The summed E-state index contributed by atoms with van der Waals surface area (Å²) < 4.78 is 48.8. The van der Waals surface area contributed by atoms with Gasteiger partial charge in [-0.3, -0.25) is 4.79 Å². The molecule has 9 heteroatoms. The number of allylic oxidation sites excluding steroid dienone is 3. The molecule has 0 radical (unpaired) electrons. The third-order valence-corrected chi connectivity index (χ3v) is 6.74. The smallest absolute Gasteiger partial charge is 0.487 e. The fraction of sp³-hybridized carbons (Fsp3) is 0.515. The second-order valence-corrected chi connectivity index (χ2v) is 10.2. The number of terminal acetylenes is 2. The number of rotatable bonds is 17. The summed E-state index contributed by atoms with van der Waals surface area (Å²) in [5.74, 6) is 1.14. The minimum atomic E-state index is -3.13. The fourth-order valence-corrected chi connectivity index (χ4v) is 4.54. The molecule has 0 saturated heterocycles. The van der Waals surface area contributed by atoms with Crippen molar-refractivity contribution in [2.75, 3.05) is 13.2 Å². The maximum absolute atomic E-state index is 14.3. The van der Waals surface area contributed by atoms with E-state index in [0.29, 0.717) is 50.7 Å². The maximum Gasteiger partial charge on any atom is 0.511 e. The van der Waals surface area contributed by atoms with E-state index < -0.39 is 37.0 Å². The minimum Gasteiger partial charge on any atom is -0.487 e. The number of esters is 1. The first-order valence-corrected chi connectivity index (χ1v) is 14.1. The molecule has 1 aliphatic rings. The number of hydrogen-bond donors (Lipinski definition) is 1. The van der Waals surface area contributed by atoms with Crippen LogP contribution in [0.3, 0.4) is 0 Å². The molecule has 1 unspecified atom stereocenters. The molecule has 0 amide bonds. The molecule has 0 heterocycles. The molecule has 1 aromatic carbocycles. The number of alkyl halides is 2. The number of ether oxygens (including phenoxy) is 4. The zero-order valence-corrected chi connectivity index (χ0v) is 24.0. The molecular formula is C33H40F2O7. The van der Waals surface area contributed by atoms with E-state index in [1.165, 1.54) is 13.0 Å². The van der Waals surface area contributed by atoms with Crippen LogP contribution in [-0.4, -0.2) is 48.8 Å². The Bertz CT molecular complexity index is 1090. The van der Waals surface area contributed by atoms with Gasteiger partial charge in [-0.25, -0.2) is 4.79 Å². The molecule has 0 bridgehead atoms. The first-order chi connectivity index (χ1) is 20.1. The molecule has 1 N–H and O–H groups in total. The highest BCUT2D eigenvalue weighted by atomic mass is 19.3. The Morgan fingerprint density at radius 2 is 1.83 bits per heavy atom. The van der Waals surface area contributed by atoms with Crippen LogP contribution in [0.2, 0.25) is 0 Å². The maximum atomic E-state index is 14.3. The van der Waals surface area contributed by atoms with Crippen molar-refractivity contribution in [3.63, 3.8) is 0 Å². The van der Waals surface area contributed by atoms with E-state index in [2.05, 4.69) is 11.8 Å². The van der Waals surface area contributed by atoms with Crippen molar-refractivity contribution >= 4 is 12.1 Å². The first kappa shape index (κ1) is 34.4. The van der Waals surface area contributed by atoms with Crippen LogP contribution in [0.1, 0.15) is 58.3 Å². The van der Waals surface area contributed by atoms with E-state index in [1.54, 1.807) is 30.3 Å². The van der Waals surface area contributed by atoms with Gasteiger partial charge in [-0.15, -0.1) is 24.7 Å². The summed E-state index contributed by atoms with van der Waals surface area (Å²) in [4.78, 5) is 23.8. The third-order valence-electron chi connectivity index (χ3n) is 6.74. The van der Waals surface area contributed by atoms with Gasteiger partial charge < -0.3 is 24.1 Å². The van der Waals surface area contributed by atoms with Gasteiger partial charge >= 0.3 is 12.1 Å². The van der Waals surface area contributed by atoms with Crippen molar-refractivity contribution in [2.24, 2.45) is 17.8 Å². The van der Waals surface area contributed by atoms with Crippen molar-refractivity contribution in [1.29, 1.82) is 0 Å². The van der Waals surface area contributed by atoms with Crippen LogP contribution in [-0.2, 0) is 19.0 Å². The van der Waals surface area contributed by atoms with Gasteiger partial charge in [0.1, 0.15) is 5.75 Å². The molecule has 7 nitrogen and oxygen atoms in total. The van der Waals surface area contributed by atoms with Crippen molar-refractivity contribution in [1.82, 2.24) is 0 Å². The molecule has 1 aliphatic carbocycles. The van der Waals surface area contributed by atoms with Crippen LogP contribution < -0.4 is 4.74 Å². The monoisotopic (exact) mass is 586 g/mol. The minimum absolute atomic E-state index is 0.00531. The standard InChI is InChI=1S/C33H40F2O7/c1-4-13-26(14-5-2)23-39-32(38)42-25(3)41-31(37)18-12-7-6-11-17-29-27(19-20-30(29)36)21-22-33(34,35)24-40-28-15-9-8-10-16-28/h1-2,6,8-11,15-16,21-22,25-27,29-30,36H,7,12-14,17-20,23-24H2,3H3/b11-6-,22-21+/t25?,27-,29-,30+/m1/s1. The SMILES string of the molecule is C#CCC(CC#C)COC(=O)OC(C)OC(=O)CCC/C=C\C[C@H]1[C@@H](O)CC[C@@H]1/C=C/C(F)(F)COc1ccccc1. The largest absolute Gasteiger partial charge is 0.511 e. The highest BCUT2D eigenvalue weighted by Crippen LogP contribution is 2.36. The number of aliphatic hydroxyl groups excluding tert-OH is 1. The van der Waals surface area contributed by atoms with Gasteiger partial charge in [0.2, 0.25) is 6.29 Å². The van der Waals surface area contributed by atoms with Crippen LogP contribution in [0.4, 0.5) is 13.6 Å². The van der Waals surface area contributed by atoms with Crippen molar-refractivity contribution in [2.45, 2.75) is 76.6 Å². The lowest BCUT2D eigenvalue weighted by Gasteiger charge is -2.19. The summed E-state index contributed by atoms with van der Waals surface area (Å²) in [6.07, 6.45) is 17.6. The lowest BCUT2D eigenvalue weighted by Crippen LogP contribution is -2.24. The summed E-state index contributed by atoms with van der Waals surface area (Å²) in [6, 6.07) is 8.45. The van der Waals surface area contributed by atoms with Gasteiger partial charge in [0.15, 0.2) is 6.61 Å². The predicted octanol–water partition coefficient (Wildman–Crippen LogP) is 6.47. The average Bonchev–Trinajstić information content (AvgIpc) is 3.31. The highest BCUT2D eigenvalue weighted by molar-refractivity contribution is 5.69. The molecule has 1 saturated carbocycles. The van der Waals surface area contributed by atoms with E-state index in [-0.39, 0.29) is 30.8 Å². The van der Waals surface area contributed by atoms with Gasteiger partial charge in [-0.2, -0.15) is 8.78 Å². The average molecular weight is 587 g/mol. The third kappa shape index (κ3) is 13.7. The molecule has 2 rings (SSSR count). The zero-order chi connectivity index (χ0) is 30.8. The lowest BCUT2D eigenvalue weighted by molar-refractivity contribution is -0.168. The number of carbonyl (C=O) groups excluding carboxylic acids is 2. The quantitative estimate of drug-likeness (QED) is 0.0736. The Balaban J connectivity index is 1.66. The zero-order valence-electron chi connectivity index (χ0n) is 24.0. The number of halogens is 2. The van der Waals surface area contributed by atoms with Crippen molar-refractivity contribution < 1.29 is 42.4 Å². The van der Waals surface area contributed by atoms with Gasteiger partial charge in [-0.1, -0.05) is 36.4 Å². The fourth-order valence-electron chi connectivity index (χ4n) is 4.54. The van der Waals surface area contributed by atoms with Gasteiger partial charge in [0.05, 0.1) is 12.7 Å². The number of benzene rings is 1. The van der Waals surface area contributed by atoms with E-state index in [4.69, 9.17) is 31.8 Å². The summed E-state index contributed by atoms with van der Waals surface area (Å²) in [6.45, 7) is 0.653. The molecule has 42 heavy (non-hydrogen) atoms.